The quantitative estimate of drug-likeness (QED) is 0.825. The van der Waals surface area contributed by atoms with Gasteiger partial charge in [0.1, 0.15) is 10.6 Å². The molecule has 106 valence electrons. The van der Waals surface area contributed by atoms with Gasteiger partial charge in [0.25, 0.3) is 10.0 Å². The van der Waals surface area contributed by atoms with Gasteiger partial charge in [0, 0.05) is 16.2 Å². The van der Waals surface area contributed by atoms with Crippen LogP contribution in [-0.4, -0.2) is 15.5 Å². The fraction of sp³-hybridized carbons (Fsp3) is 0.0769. The Morgan fingerprint density at radius 2 is 1.95 bits per heavy atom. The number of benzene rings is 2. The molecule has 0 unspecified atom stereocenters. The fourth-order valence-corrected chi connectivity index (χ4v) is 3.78. The van der Waals surface area contributed by atoms with Crippen LogP contribution < -0.4 is 15.2 Å². The lowest BCUT2D eigenvalue weighted by molar-refractivity contribution is 0.415. The van der Waals surface area contributed by atoms with Crippen LogP contribution in [0.5, 0.6) is 5.75 Å². The Hall–Kier alpha value is -1.73. The minimum Gasteiger partial charge on any atom is -0.497 e. The zero-order valence-electron chi connectivity index (χ0n) is 10.6. The van der Waals surface area contributed by atoms with Crippen molar-refractivity contribution in [3.8, 4) is 5.75 Å². The maximum absolute atomic E-state index is 12.3. The molecule has 5 nitrogen and oxygen atoms in total. The van der Waals surface area contributed by atoms with Gasteiger partial charge in [-0.3, -0.25) is 4.72 Å². The highest BCUT2D eigenvalue weighted by atomic mass is 79.9. The Balaban J connectivity index is 2.35. The topological polar surface area (TPSA) is 81.4 Å². The van der Waals surface area contributed by atoms with E-state index in [1.165, 1.54) is 19.2 Å². The molecule has 0 bridgehead atoms. The smallest absolute Gasteiger partial charge is 0.263 e. The summed E-state index contributed by atoms with van der Waals surface area (Å²) in [5.74, 6) is 0.571. The number of hydrogen-bond donors (Lipinski definition) is 2. The third kappa shape index (κ3) is 3.23. The lowest BCUT2D eigenvalue weighted by Crippen LogP contribution is -2.13. The van der Waals surface area contributed by atoms with Gasteiger partial charge in [-0.15, -0.1) is 0 Å². The average molecular weight is 357 g/mol. The Kier molecular flexibility index (Phi) is 4.20. The highest BCUT2D eigenvalue weighted by Crippen LogP contribution is 2.27. The minimum absolute atomic E-state index is 0.120. The molecule has 20 heavy (non-hydrogen) atoms. The SMILES string of the molecule is COc1cccc(NS(=O)(=O)c2ccc(N)cc2Br)c1. The lowest BCUT2D eigenvalue weighted by Gasteiger charge is -2.11. The van der Waals surface area contributed by atoms with E-state index in [1.807, 2.05) is 0 Å². The molecule has 0 spiro atoms. The van der Waals surface area contributed by atoms with Crippen molar-refractivity contribution in [1.82, 2.24) is 0 Å². The number of methoxy groups -OCH3 is 1. The molecule has 0 fully saturated rings. The van der Waals surface area contributed by atoms with E-state index in [0.29, 0.717) is 21.6 Å². The monoisotopic (exact) mass is 356 g/mol. The molecule has 0 saturated heterocycles. The molecule has 0 saturated carbocycles. The molecule has 0 radical (unpaired) electrons. The number of anilines is 2. The van der Waals surface area contributed by atoms with E-state index in [2.05, 4.69) is 20.7 Å². The number of ether oxygens (including phenoxy) is 1. The largest absolute Gasteiger partial charge is 0.497 e. The van der Waals surface area contributed by atoms with E-state index in [-0.39, 0.29) is 4.90 Å². The van der Waals surface area contributed by atoms with Crippen LogP contribution in [0.15, 0.2) is 51.8 Å². The summed E-state index contributed by atoms with van der Waals surface area (Å²) in [6, 6.07) is 11.2. The van der Waals surface area contributed by atoms with Crippen molar-refractivity contribution in [2.24, 2.45) is 0 Å². The number of rotatable bonds is 4. The molecule has 2 aromatic rings. The molecule has 2 aromatic carbocycles. The van der Waals surface area contributed by atoms with Crippen molar-refractivity contribution >= 4 is 37.3 Å². The maximum atomic E-state index is 12.3. The Morgan fingerprint density at radius 3 is 2.60 bits per heavy atom. The van der Waals surface area contributed by atoms with Crippen molar-refractivity contribution in [3.63, 3.8) is 0 Å². The van der Waals surface area contributed by atoms with Crippen LogP contribution in [0.2, 0.25) is 0 Å². The number of nitrogen functional groups attached to an aromatic ring is 1. The first-order valence-electron chi connectivity index (χ1n) is 5.64. The third-order valence-corrected chi connectivity index (χ3v) is 4.93. The molecule has 0 aliphatic heterocycles. The van der Waals surface area contributed by atoms with Gasteiger partial charge in [0.2, 0.25) is 0 Å². The summed E-state index contributed by atoms with van der Waals surface area (Å²) >= 11 is 3.20. The zero-order chi connectivity index (χ0) is 14.8. The van der Waals surface area contributed by atoms with Crippen LogP contribution in [0.25, 0.3) is 0 Å². The van der Waals surface area contributed by atoms with Gasteiger partial charge in [0.15, 0.2) is 0 Å². The van der Waals surface area contributed by atoms with E-state index in [9.17, 15) is 8.42 Å². The third-order valence-electron chi connectivity index (χ3n) is 2.57. The molecule has 0 amide bonds. The van der Waals surface area contributed by atoms with Crippen LogP contribution in [0.3, 0.4) is 0 Å². The van der Waals surface area contributed by atoms with Gasteiger partial charge >= 0.3 is 0 Å². The van der Waals surface area contributed by atoms with Crippen molar-refractivity contribution < 1.29 is 13.2 Å². The van der Waals surface area contributed by atoms with Crippen LogP contribution in [0.4, 0.5) is 11.4 Å². The van der Waals surface area contributed by atoms with Gasteiger partial charge in [-0.05, 0) is 46.3 Å². The Morgan fingerprint density at radius 1 is 1.20 bits per heavy atom. The summed E-state index contributed by atoms with van der Waals surface area (Å²) in [4.78, 5) is 0.120. The predicted octanol–water partition coefficient (Wildman–Crippen LogP) is 2.84. The number of hydrogen-bond acceptors (Lipinski definition) is 4. The lowest BCUT2D eigenvalue weighted by atomic mass is 10.3. The highest BCUT2D eigenvalue weighted by molar-refractivity contribution is 9.10. The summed E-state index contributed by atoms with van der Waals surface area (Å²) in [6.45, 7) is 0. The number of sulfonamides is 1. The van der Waals surface area contributed by atoms with Gasteiger partial charge < -0.3 is 10.5 Å². The van der Waals surface area contributed by atoms with Gasteiger partial charge in [-0.1, -0.05) is 6.07 Å². The Labute approximate surface area is 125 Å². The van der Waals surface area contributed by atoms with Gasteiger partial charge in [-0.2, -0.15) is 0 Å². The van der Waals surface area contributed by atoms with Crippen LogP contribution >= 0.6 is 15.9 Å². The first-order valence-corrected chi connectivity index (χ1v) is 7.92. The number of halogens is 1. The second-order valence-electron chi connectivity index (χ2n) is 4.03. The first-order chi connectivity index (χ1) is 9.42. The minimum atomic E-state index is -3.69. The first kappa shape index (κ1) is 14.7. The average Bonchev–Trinajstić information content (AvgIpc) is 2.37. The highest BCUT2D eigenvalue weighted by Gasteiger charge is 2.18. The van der Waals surface area contributed by atoms with Crippen LogP contribution in [-0.2, 0) is 10.0 Å². The van der Waals surface area contributed by atoms with E-state index in [1.54, 1.807) is 30.3 Å². The molecular formula is C13H13BrN2O3S. The molecule has 3 N–H and O–H groups in total. The number of nitrogens with two attached hydrogens (primary N) is 1. The van der Waals surface area contributed by atoms with Gasteiger partial charge in [-0.25, -0.2) is 8.42 Å². The van der Waals surface area contributed by atoms with Crippen molar-refractivity contribution in [3.05, 3.63) is 46.9 Å². The summed E-state index contributed by atoms with van der Waals surface area (Å²) in [7, 11) is -2.18. The molecule has 0 aromatic heterocycles. The second-order valence-corrected chi connectivity index (χ2v) is 6.53. The molecule has 0 atom stereocenters. The van der Waals surface area contributed by atoms with Crippen LogP contribution in [0.1, 0.15) is 0 Å². The van der Waals surface area contributed by atoms with Crippen LogP contribution in [0, 0.1) is 0 Å². The zero-order valence-corrected chi connectivity index (χ0v) is 13.0. The summed E-state index contributed by atoms with van der Waals surface area (Å²) in [5.41, 5.74) is 6.51. The molecule has 0 aliphatic rings. The van der Waals surface area contributed by atoms with Crippen molar-refractivity contribution in [2.75, 3.05) is 17.6 Å². The standard InChI is InChI=1S/C13H13BrN2O3S/c1-19-11-4-2-3-10(8-11)16-20(17,18)13-6-5-9(15)7-12(13)14/h2-8,16H,15H2,1H3. The normalized spacial score (nSPS) is 11.1. The maximum Gasteiger partial charge on any atom is 0.263 e. The second kappa shape index (κ2) is 5.72. The van der Waals surface area contributed by atoms with Crippen molar-refractivity contribution in [1.29, 1.82) is 0 Å². The fourth-order valence-electron chi connectivity index (χ4n) is 1.63. The van der Waals surface area contributed by atoms with Gasteiger partial charge in [0.05, 0.1) is 12.8 Å². The summed E-state index contributed by atoms with van der Waals surface area (Å²) in [5, 5.41) is 0. The predicted molar refractivity (Wildman–Crippen MR) is 82.4 cm³/mol. The molecule has 0 aliphatic carbocycles. The van der Waals surface area contributed by atoms with E-state index < -0.39 is 10.0 Å². The molecule has 7 heteroatoms. The number of nitrogens with one attached hydrogen (secondary N) is 1. The molecule has 2 rings (SSSR count). The summed E-state index contributed by atoms with van der Waals surface area (Å²) < 4.78 is 32.6. The molecule has 0 heterocycles. The summed E-state index contributed by atoms with van der Waals surface area (Å²) in [6.07, 6.45) is 0. The van der Waals surface area contributed by atoms with E-state index in [4.69, 9.17) is 10.5 Å². The van der Waals surface area contributed by atoms with E-state index >= 15 is 0 Å². The Bertz CT molecular complexity index is 732. The molecular weight excluding hydrogens is 344 g/mol. The van der Waals surface area contributed by atoms with Crippen molar-refractivity contribution in [2.45, 2.75) is 4.90 Å². The van der Waals surface area contributed by atoms with E-state index in [0.717, 1.165) is 0 Å².